The van der Waals surface area contributed by atoms with Gasteiger partial charge in [0.25, 0.3) is 0 Å². The Balaban J connectivity index is 1.28. The molecule has 3 aliphatic rings. The summed E-state index contributed by atoms with van der Waals surface area (Å²) < 4.78 is 11.0. The fraction of sp³-hybridized carbons (Fsp3) is 0.682. The standard InChI is InChI=1S/C22H33N3O3/c1-27-17-22(16-23-20-15-19(20)18-5-3-2-4-6-18)7-9-24(10-8-22)21(26)25-11-13-28-14-12-25/h2-6,19-20,23H,7-17H2,1H3/t19?,20-/m1/s1. The van der Waals surface area contributed by atoms with Gasteiger partial charge in [-0.1, -0.05) is 30.3 Å². The Morgan fingerprint density at radius 2 is 1.82 bits per heavy atom. The van der Waals surface area contributed by atoms with Gasteiger partial charge in [-0.3, -0.25) is 0 Å². The van der Waals surface area contributed by atoms with E-state index in [4.69, 9.17) is 9.47 Å². The number of morpholine rings is 1. The van der Waals surface area contributed by atoms with Crippen LogP contribution in [0, 0.1) is 5.41 Å². The zero-order valence-electron chi connectivity index (χ0n) is 16.9. The minimum atomic E-state index is 0.125. The predicted molar refractivity (Wildman–Crippen MR) is 108 cm³/mol. The second-order valence-electron chi connectivity index (χ2n) is 8.54. The maximum Gasteiger partial charge on any atom is 0.320 e. The molecule has 4 rings (SSSR count). The minimum Gasteiger partial charge on any atom is -0.384 e. The molecule has 154 valence electrons. The van der Waals surface area contributed by atoms with E-state index < -0.39 is 0 Å². The van der Waals surface area contributed by atoms with Gasteiger partial charge in [0.15, 0.2) is 0 Å². The molecular formula is C22H33N3O3. The van der Waals surface area contributed by atoms with Crippen molar-refractivity contribution in [2.45, 2.75) is 31.2 Å². The third kappa shape index (κ3) is 4.50. The van der Waals surface area contributed by atoms with Crippen molar-refractivity contribution in [3.05, 3.63) is 35.9 Å². The third-order valence-electron chi connectivity index (χ3n) is 6.58. The van der Waals surface area contributed by atoms with Crippen molar-refractivity contribution in [3.63, 3.8) is 0 Å². The minimum absolute atomic E-state index is 0.125. The highest BCUT2D eigenvalue weighted by molar-refractivity contribution is 5.74. The molecule has 1 unspecified atom stereocenters. The normalized spacial score (nSPS) is 26.9. The van der Waals surface area contributed by atoms with Crippen molar-refractivity contribution in [2.24, 2.45) is 5.41 Å². The Kier molecular flexibility index (Phi) is 6.19. The first-order chi connectivity index (χ1) is 13.7. The number of methoxy groups -OCH3 is 1. The SMILES string of the molecule is COCC1(CN[C@@H]2CC2c2ccccc2)CCN(C(=O)N2CCOCC2)CC1. The lowest BCUT2D eigenvalue weighted by atomic mass is 9.79. The molecule has 1 saturated carbocycles. The second-order valence-corrected chi connectivity index (χ2v) is 8.54. The highest BCUT2D eigenvalue weighted by atomic mass is 16.5. The quantitative estimate of drug-likeness (QED) is 0.814. The van der Waals surface area contributed by atoms with Gasteiger partial charge in [0, 0.05) is 57.2 Å². The molecule has 0 spiro atoms. The first-order valence-corrected chi connectivity index (χ1v) is 10.6. The molecule has 3 fully saturated rings. The molecule has 0 bridgehead atoms. The van der Waals surface area contributed by atoms with Crippen LogP contribution in [0.1, 0.15) is 30.7 Å². The number of urea groups is 1. The topological polar surface area (TPSA) is 54.0 Å². The second kappa shape index (κ2) is 8.80. The van der Waals surface area contributed by atoms with Gasteiger partial charge in [-0.2, -0.15) is 0 Å². The van der Waals surface area contributed by atoms with Crippen molar-refractivity contribution >= 4 is 6.03 Å². The largest absolute Gasteiger partial charge is 0.384 e. The van der Waals surface area contributed by atoms with Gasteiger partial charge >= 0.3 is 6.03 Å². The molecule has 2 saturated heterocycles. The zero-order valence-corrected chi connectivity index (χ0v) is 16.9. The molecule has 2 heterocycles. The average Bonchev–Trinajstić information content (AvgIpc) is 3.54. The van der Waals surface area contributed by atoms with Gasteiger partial charge in [-0.15, -0.1) is 0 Å². The molecule has 1 N–H and O–H groups in total. The number of nitrogens with zero attached hydrogens (tertiary/aromatic N) is 2. The van der Waals surface area contributed by atoms with E-state index in [-0.39, 0.29) is 11.4 Å². The summed E-state index contributed by atoms with van der Waals surface area (Å²) in [6.45, 7) is 6.08. The van der Waals surface area contributed by atoms with Gasteiger partial charge in [0.2, 0.25) is 0 Å². The number of carbonyl (C=O) groups is 1. The monoisotopic (exact) mass is 387 g/mol. The number of benzene rings is 1. The first kappa shape index (κ1) is 19.7. The number of piperidine rings is 1. The lowest BCUT2D eigenvalue weighted by Crippen LogP contribution is -2.54. The molecule has 6 heteroatoms. The highest BCUT2D eigenvalue weighted by Gasteiger charge is 2.42. The fourth-order valence-corrected chi connectivity index (χ4v) is 4.64. The lowest BCUT2D eigenvalue weighted by Gasteiger charge is -2.43. The van der Waals surface area contributed by atoms with Crippen LogP contribution in [-0.2, 0) is 9.47 Å². The Morgan fingerprint density at radius 3 is 2.50 bits per heavy atom. The fourth-order valence-electron chi connectivity index (χ4n) is 4.64. The van der Waals surface area contributed by atoms with E-state index in [1.165, 1.54) is 12.0 Å². The van der Waals surface area contributed by atoms with Crippen LogP contribution in [0.15, 0.2) is 30.3 Å². The zero-order chi connectivity index (χ0) is 19.4. The summed E-state index contributed by atoms with van der Waals surface area (Å²) in [5.74, 6) is 0.642. The van der Waals surface area contributed by atoms with E-state index in [9.17, 15) is 4.79 Å². The van der Waals surface area contributed by atoms with E-state index >= 15 is 0 Å². The van der Waals surface area contributed by atoms with Crippen molar-refractivity contribution in [1.29, 1.82) is 0 Å². The van der Waals surface area contributed by atoms with Crippen molar-refractivity contribution in [2.75, 3.05) is 59.7 Å². The molecule has 0 radical (unpaired) electrons. The van der Waals surface area contributed by atoms with Gasteiger partial charge in [0.1, 0.15) is 0 Å². The van der Waals surface area contributed by atoms with Crippen LogP contribution in [0.5, 0.6) is 0 Å². The number of likely N-dealkylation sites (tertiary alicyclic amines) is 1. The molecule has 6 nitrogen and oxygen atoms in total. The predicted octanol–water partition coefficient (Wildman–Crippen LogP) is 2.31. The molecule has 28 heavy (non-hydrogen) atoms. The Hall–Kier alpha value is -1.63. The number of hydrogen-bond acceptors (Lipinski definition) is 4. The van der Waals surface area contributed by atoms with Gasteiger partial charge in [0.05, 0.1) is 19.8 Å². The van der Waals surface area contributed by atoms with Crippen molar-refractivity contribution in [1.82, 2.24) is 15.1 Å². The Morgan fingerprint density at radius 1 is 1.14 bits per heavy atom. The summed E-state index contributed by atoms with van der Waals surface area (Å²) >= 11 is 0. The molecule has 2 atom stereocenters. The van der Waals surface area contributed by atoms with Gasteiger partial charge in [-0.05, 0) is 24.8 Å². The number of nitrogens with one attached hydrogen (secondary N) is 1. The number of amides is 2. The summed E-state index contributed by atoms with van der Waals surface area (Å²) in [6.07, 6.45) is 3.20. The van der Waals surface area contributed by atoms with E-state index in [0.29, 0.717) is 38.3 Å². The van der Waals surface area contributed by atoms with E-state index in [1.54, 1.807) is 7.11 Å². The molecule has 1 aliphatic carbocycles. The highest BCUT2D eigenvalue weighted by Crippen LogP contribution is 2.42. The Labute approximate surface area is 168 Å². The van der Waals surface area contributed by atoms with E-state index in [0.717, 1.165) is 39.1 Å². The summed E-state index contributed by atoms with van der Waals surface area (Å²) in [6, 6.07) is 11.5. The van der Waals surface area contributed by atoms with Crippen LogP contribution in [0.4, 0.5) is 4.79 Å². The first-order valence-electron chi connectivity index (χ1n) is 10.6. The van der Waals surface area contributed by atoms with Crippen LogP contribution < -0.4 is 5.32 Å². The average molecular weight is 388 g/mol. The molecule has 1 aromatic rings. The van der Waals surface area contributed by atoms with Crippen LogP contribution >= 0.6 is 0 Å². The molecule has 2 amide bonds. The molecule has 2 aliphatic heterocycles. The molecule has 0 aromatic heterocycles. The summed E-state index contributed by atoms with van der Waals surface area (Å²) in [4.78, 5) is 16.7. The molecular weight excluding hydrogens is 354 g/mol. The maximum absolute atomic E-state index is 12.7. The smallest absolute Gasteiger partial charge is 0.320 e. The lowest BCUT2D eigenvalue weighted by molar-refractivity contribution is 0.0136. The summed E-state index contributed by atoms with van der Waals surface area (Å²) in [7, 11) is 1.79. The number of ether oxygens (including phenoxy) is 2. The van der Waals surface area contributed by atoms with Crippen LogP contribution in [0.3, 0.4) is 0 Å². The van der Waals surface area contributed by atoms with Crippen molar-refractivity contribution in [3.8, 4) is 0 Å². The van der Waals surface area contributed by atoms with Crippen LogP contribution in [0.2, 0.25) is 0 Å². The van der Waals surface area contributed by atoms with Gasteiger partial charge < -0.3 is 24.6 Å². The van der Waals surface area contributed by atoms with E-state index in [1.807, 2.05) is 9.80 Å². The van der Waals surface area contributed by atoms with Gasteiger partial charge in [-0.25, -0.2) is 4.79 Å². The van der Waals surface area contributed by atoms with E-state index in [2.05, 4.69) is 35.6 Å². The summed E-state index contributed by atoms with van der Waals surface area (Å²) in [5, 5.41) is 3.80. The van der Waals surface area contributed by atoms with Crippen molar-refractivity contribution < 1.29 is 14.3 Å². The third-order valence-corrected chi connectivity index (χ3v) is 6.58. The number of rotatable bonds is 6. The molecule has 1 aromatic carbocycles. The van der Waals surface area contributed by atoms with Crippen LogP contribution in [-0.4, -0.2) is 81.5 Å². The summed E-state index contributed by atoms with van der Waals surface area (Å²) in [5.41, 5.74) is 1.56. The number of carbonyl (C=O) groups excluding carboxylic acids is 1. The van der Waals surface area contributed by atoms with Crippen LogP contribution in [0.25, 0.3) is 0 Å². The maximum atomic E-state index is 12.7. The number of hydrogen-bond donors (Lipinski definition) is 1. The Bertz CT molecular complexity index is 640.